The third kappa shape index (κ3) is 13.0. The van der Waals surface area contributed by atoms with Gasteiger partial charge in [-0.15, -0.1) is 0 Å². The maximum atomic E-state index is 13.0. The Labute approximate surface area is 243 Å². The van der Waals surface area contributed by atoms with Crippen molar-refractivity contribution >= 4 is 17.3 Å². The highest BCUT2D eigenvalue weighted by molar-refractivity contribution is 5.96. The SMILES string of the molecule is O=C(OCCOCCOCCOCCOCCOCc1ccccc1)c1ccccc1Nc1cccc(C(F)(F)F)c1. The minimum atomic E-state index is -4.47. The van der Waals surface area contributed by atoms with Gasteiger partial charge in [0.15, 0.2) is 0 Å². The summed E-state index contributed by atoms with van der Waals surface area (Å²) in [5.41, 5.74) is 1.06. The molecule has 42 heavy (non-hydrogen) atoms. The minimum absolute atomic E-state index is 0.0110. The summed E-state index contributed by atoms with van der Waals surface area (Å²) in [5, 5.41) is 2.86. The van der Waals surface area contributed by atoms with Crippen LogP contribution >= 0.6 is 0 Å². The van der Waals surface area contributed by atoms with Gasteiger partial charge in [0.1, 0.15) is 6.61 Å². The van der Waals surface area contributed by atoms with E-state index in [2.05, 4.69) is 5.32 Å². The van der Waals surface area contributed by atoms with Crippen LogP contribution in [0.1, 0.15) is 21.5 Å². The van der Waals surface area contributed by atoms with Crippen molar-refractivity contribution in [2.45, 2.75) is 12.8 Å². The van der Waals surface area contributed by atoms with Gasteiger partial charge < -0.3 is 33.7 Å². The topological polar surface area (TPSA) is 84.5 Å². The highest BCUT2D eigenvalue weighted by Crippen LogP contribution is 2.32. The molecule has 0 unspecified atom stereocenters. The average molecular weight is 592 g/mol. The Bertz CT molecular complexity index is 1180. The second-order valence-electron chi connectivity index (χ2n) is 8.87. The van der Waals surface area contributed by atoms with E-state index in [-0.39, 0.29) is 24.5 Å². The van der Waals surface area contributed by atoms with Crippen molar-refractivity contribution in [2.75, 3.05) is 71.4 Å². The van der Waals surface area contributed by atoms with Crippen molar-refractivity contribution in [3.8, 4) is 0 Å². The number of benzene rings is 3. The number of anilines is 2. The molecular weight excluding hydrogens is 555 g/mol. The molecule has 0 saturated carbocycles. The second-order valence-corrected chi connectivity index (χ2v) is 8.87. The number of esters is 1. The first kappa shape index (κ1) is 33.0. The summed E-state index contributed by atoms with van der Waals surface area (Å²) in [4.78, 5) is 12.5. The van der Waals surface area contributed by atoms with Gasteiger partial charge in [-0.25, -0.2) is 4.79 Å². The van der Waals surface area contributed by atoms with E-state index in [0.717, 1.165) is 17.7 Å². The third-order valence-electron chi connectivity index (χ3n) is 5.68. The maximum Gasteiger partial charge on any atom is 0.416 e. The Morgan fingerprint density at radius 1 is 0.619 bits per heavy atom. The molecule has 228 valence electrons. The monoisotopic (exact) mass is 591 g/mol. The number of carbonyl (C=O) groups is 1. The van der Waals surface area contributed by atoms with Gasteiger partial charge in [-0.05, 0) is 35.9 Å². The summed E-state index contributed by atoms with van der Waals surface area (Å²) in [7, 11) is 0. The standard InChI is InChI=1S/C31H36F3NO7/c32-31(33,34)26-9-6-10-27(23-26)35-29-12-5-4-11-28(29)30(36)42-22-21-40-18-17-38-14-13-37-15-16-39-19-20-41-24-25-7-2-1-3-8-25/h1-12,23,35H,13-22,24H2. The normalized spacial score (nSPS) is 11.4. The average Bonchev–Trinajstić information content (AvgIpc) is 2.99. The molecule has 0 amide bonds. The highest BCUT2D eigenvalue weighted by atomic mass is 19.4. The molecular formula is C31H36F3NO7. The van der Waals surface area contributed by atoms with Crippen molar-refractivity contribution in [3.05, 3.63) is 95.6 Å². The van der Waals surface area contributed by atoms with Crippen LogP contribution in [0.5, 0.6) is 0 Å². The molecule has 0 fully saturated rings. The molecule has 0 atom stereocenters. The molecule has 0 spiro atoms. The zero-order valence-corrected chi connectivity index (χ0v) is 23.3. The fourth-order valence-electron chi connectivity index (χ4n) is 3.61. The Morgan fingerprint density at radius 2 is 1.17 bits per heavy atom. The van der Waals surface area contributed by atoms with Crippen molar-refractivity contribution in [3.63, 3.8) is 0 Å². The number of alkyl halides is 3. The van der Waals surface area contributed by atoms with Gasteiger partial charge in [-0.2, -0.15) is 13.2 Å². The lowest BCUT2D eigenvalue weighted by molar-refractivity contribution is -0.137. The molecule has 3 rings (SSSR count). The number of hydrogen-bond acceptors (Lipinski definition) is 8. The molecule has 11 heteroatoms. The fourth-order valence-corrected chi connectivity index (χ4v) is 3.61. The number of hydrogen-bond donors (Lipinski definition) is 1. The summed E-state index contributed by atoms with van der Waals surface area (Å²) in [6.45, 7) is 4.21. The van der Waals surface area contributed by atoms with E-state index in [1.54, 1.807) is 18.2 Å². The molecule has 1 N–H and O–H groups in total. The summed E-state index contributed by atoms with van der Waals surface area (Å²) < 4.78 is 71.6. The minimum Gasteiger partial charge on any atom is -0.460 e. The molecule has 0 heterocycles. The molecule has 3 aromatic carbocycles. The van der Waals surface area contributed by atoms with Crippen LogP contribution in [0.4, 0.5) is 24.5 Å². The Balaban J connectivity index is 1.16. The summed E-state index contributed by atoms with van der Waals surface area (Å²) in [5.74, 6) is -0.620. The van der Waals surface area contributed by atoms with E-state index in [1.807, 2.05) is 30.3 Å². The predicted octanol–water partition coefficient (Wildman–Crippen LogP) is 5.89. The molecule has 0 aromatic heterocycles. The first-order valence-corrected chi connectivity index (χ1v) is 13.6. The number of ether oxygens (including phenoxy) is 6. The number of carbonyl (C=O) groups excluding carboxylic acids is 1. The Hall–Kier alpha value is -3.48. The number of nitrogens with one attached hydrogen (secondary N) is 1. The van der Waals surface area contributed by atoms with Gasteiger partial charge in [0.25, 0.3) is 0 Å². The van der Waals surface area contributed by atoms with Gasteiger partial charge in [0.05, 0.1) is 82.9 Å². The van der Waals surface area contributed by atoms with Crippen LogP contribution in [0, 0.1) is 0 Å². The lowest BCUT2D eigenvalue weighted by atomic mass is 10.1. The molecule has 8 nitrogen and oxygen atoms in total. The first-order chi connectivity index (χ1) is 20.4. The lowest BCUT2D eigenvalue weighted by Gasteiger charge is -2.13. The van der Waals surface area contributed by atoms with Crippen LogP contribution in [0.15, 0.2) is 78.9 Å². The maximum absolute atomic E-state index is 13.0. The van der Waals surface area contributed by atoms with Gasteiger partial charge >= 0.3 is 12.1 Å². The van der Waals surface area contributed by atoms with Crippen LogP contribution in [0.25, 0.3) is 0 Å². The Morgan fingerprint density at radius 3 is 1.79 bits per heavy atom. The second kappa shape index (κ2) is 18.9. The van der Waals surface area contributed by atoms with E-state index >= 15 is 0 Å². The zero-order chi connectivity index (χ0) is 29.9. The summed E-state index contributed by atoms with van der Waals surface area (Å²) >= 11 is 0. The van der Waals surface area contributed by atoms with E-state index in [4.69, 9.17) is 28.4 Å². The molecule has 0 bridgehead atoms. The van der Waals surface area contributed by atoms with E-state index < -0.39 is 17.7 Å². The van der Waals surface area contributed by atoms with E-state index in [0.29, 0.717) is 65.1 Å². The first-order valence-electron chi connectivity index (χ1n) is 13.6. The van der Waals surface area contributed by atoms with Crippen LogP contribution in [-0.4, -0.2) is 72.0 Å². The van der Waals surface area contributed by atoms with E-state index in [1.165, 1.54) is 18.2 Å². The number of rotatable bonds is 20. The van der Waals surface area contributed by atoms with Crippen LogP contribution in [-0.2, 0) is 41.2 Å². The van der Waals surface area contributed by atoms with Crippen molar-refractivity contribution in [1.82, 2.24) is 0 Å². The van der Waals surface area contributed by atoms with Crippen molar-refractivity contribution < 1.29 is 46.4 Å². The highest BCUT2D eigenvalue weighted by Gasteiger charge is 2.30. The predicted molar refractivity (Wildman–Crippen MR) is 151 cm³/mol. The lowest BCUT2D eigenvalue weighted by Crippen LogP contribution is -2.15. The quantitative estimate of drug-likeness (QED) is 0.129. The molecule has 3 aromatic rings. The largest absolute Gasteiger partial charge is 0.460 e. The molecule has 0 aliphatic rings. The molecule has 0 saturated heterocycles. The summed E-state index contributed by atoms with van der Waals surface area (Å²) in [6, 6.07) is 21.1. The van der Waals surface area contributed by atoms with Crippen LogP contribution in [0.3, 0.4) is 0 Å². The van der Waals surface area contributed by atoms with Crippen molar-refractivity contribution in [2.24, 2.45) is 0 Å². The fraction of sp³-hybridized carbons (Fsp3) is 0.387. The van der Waals surface area contributed by atoms with Crippen LogP contribution < -0.4 is 5.32 Å². The van der Waals surface area contributed by atoms with Gasteiger partial charge in [0.2, 0.25) is 0 Å². The van der Waals surface area contributed by atoms with E-state index in [9.17, 15) is 18.0 Å². The van der Waals surface area contributed by atoms with Gasteiger partial charge in [-0.3, -0.25) is 0 Å². The van der Waals surface area contributed by atoms with Gasteiger partial charge in [0, 0.05) is 5.69 Å². The van der Waals surface area contributed by atoms with Gasteiger partial charge in [-0.1, -0.05) is 48.5 Å². The van der Waals surface area contributed by atoms with Crippen molar-refractivity contribution in [1.29, 1.82) is 0 Å². The smallest absolute Gasteiger partial charge is 0.416 e. The number of halogens is 3. The number of para-hydroxylation sites is 1. The summed E-state index contributed by atoms with van der Waals surface area (Å²) in [6.07, 6.45) is -4.47. The van der Waals surface area contributed by atoms with Crippen LogP contribution in [0.2, 0.25) is 0 Å². The molecule has 0 radical (unpaired) electrons. The third-order valence-corrected chi connectivity index (χ3v) is 5.68. The zero-order valence-electron chi connectivity index (χ0n) is 23.3. The molecule has 0 aliphatic heterocycles. The Kier molecular flexibility index (Phi) is 14.8. The molecule has 0 aliphatic carbocycles.